The number of rotatable bonds is 4. The number of nitrogens with zero attached hydrogens (tertiary/aromatic N) is 2. The van der Waals surface area contributed by atoms with Crippen molar-refractivity contribution >= 4 is 11.8 Å². The molecule has 0 aliphatic rings. The van der Waals surface area contributed by atoms with Crippen LogP contribution >= 0.6 is 0 Å². The Hall–Kier alpha value is -1.89. The van der Waals surface area contributed by atoms with E-state index in [0.717, 1.165) is 0 Å². The molecule has 7 heteroatoms. The maximum atomic E-state index is 12.4. The fourth-order valence-corrected chi connectivity index (χ4v) is 1.66. The summed E-state index contributed by atoms with van der Waals surface area (Å²) in [7, 11) is 1.50. The second kappa shape index (κ2) is 5.40. The van der Waals surface area contributed by atoms with Crippen molar-refractivity contribution in [1.29, 1.82) is 0 Å². The predicted octanol–water partition coefficient (Wildman–Crippen LogP) is 0.613. The highest BCUT2D eigenvalue weighted by atomic mass is 16.5. The molecule has 1 unspecified atom stereocenters. The Morgan fingerprint density at radius 3 is 2.53 bits per heavy atom. The van der Waals surface area contributed by atoms with Crippen LogP contribution in [0, 0.1) is 6.92 Å². The molecule has 0 fully saturated rings. The minimum absolute atomic E-state index is 0.295. The van der Waals surface area contributed by atoms with E-state index in [1.54, 1.807) is 26.8 Å². The Morgan fingerprint density at radius 1 is 1.53 bits per heavy atom. The van der Waals surface area contributed by atoms with E-state index in [9.17, 15) is 9.59 Å². The maximum absolute atomic E-state index is 12.4. The molecule has 0 aliphatic heterocycles. The number of aryl methyl sites for hydroxylation is 1. The first kappa shape index (κ1) is 15.2. The zero-order valence-electron chi connectivity index (χ0n) is 11.7. The van der Waals surface area contributed by atoms with E-state index >= 15 is 0 Å². The normalized spacial score (nSPS) is 12.9. The van der Waals surface area contributed by atoms with Gasteiger partial charge in [0.15, 0.2) is 0 Å². The topological polar surface area (TPSA) is 95.7 Å². The summed E-state index contributed by atoms with van der Waals surface area (Å²) >= 11 is 0. The second-order valence-electron chi connectivity index (χ2n) is 5.02. The molecule has 1 atom stereocenters. The lowest BCUT2D eigenvalue weighted by atomic mass is 9.87. The summed E-state index contributed by atoms with van der Waals surface area (Å²) in [5, 5.41) is 12.4. The molecule has 0 aromatic carbocycles. The molecular weight excluding hydrogens is 250 g/mol. The molecule has 19 heavy (non-hydrogen) atoms. The Bertz CT molecular complexity index is 481. The number of carbonyl (C=O) groups is 2. The van der Waals surface area contributed by atoms with Crippen LogP contribution in [-0.4, -0.2) is 40.2 Å². The highest BCUT2D eigenvalue weighted by Crippen LogP contribution is 2.25. The van der Waals surface area contributed by atoms with Gasteiger partial charge in [-0.1, -0.05) is 5.16 Å². The summed E-state index contributed by atoms with van der Waals surface area (Å²) < 4.78 is 4.97. The molecular formula is C12H19N3O4. The van der Waals surface area contributed by atoms with Crippen LogP contribution in [0.1, 0.15) is 32.2 Å². The quantitative estimate of drug-likeness (QED) is 0.617. The van der Waals surface area contributed by atoms with Crippen LogP contribution in [-0.2, 0) is 15.0 Å². The largest absolute Gasteiger partial charge is 0.361 e. The molecule has 1 rings (SSSR count). The van der Waals surface area contributed by atoms with Gasteiger partial charge in [-0.15, -0.1) is 0 Å². The van der Waals surface area contributed by atoms with Crippen molar-refractivity contribution in [2.45, 2.75) is 39.2 Å². The Balaban J connectivity index is 2.95. The molecule has 0 saturated heterocycles. The SMILES string of the molecule is Cc1cc(C(C)(C)C(=O)N(C)C(C)C(=O)NO)no1. The van der Waals surface area contributed by atoms with Crippen LogP contribution in [0.15, 0.2) is 10.6 Å². The molecule has 0 aliphatic carbocycles. The number of hydroxylamine groups is 1. The summed E-state index contributed by atoms with van der Waals surface area (Å²) in [6.07, 6.45) is 0. The van der Waals surface area contributed by atoms with Gasteiger partial charge in [0.1, 0.15) is 11.8 Å². The molecule has 0 bridgehead atoms. The van der Waals surface area contributed by atoms with Crippen LogP contribution in [0.3, 0.4) is 0 Å². The van der Waals surface area contributed by atoms with Gasteiger partial charge in [-0.3, -0.25) is 14.8 Å². The van der Waals surface area contributed by atoms with Crippen LogP contribution in [0.25, 0.3) is 0 Å². The van der Waals surface area contributed by atoms with Gasteiger partial charge in [-0.25, -0.2) is 5.48 Å². The van der Waals surface area contributed by atoms with Crippen molar-refractivity contribution in [2.75, 3.05) is 7.05 Å². The fourth-order valence-electron chi connectivity index (χ4n) is 1.66. The average molecular weight is 269 g/mol. The lowest BCUT2D eigenvalue weighted by Gasteiger charge is -2.30. The van der Waals surface area contributed by atoms with E-state index in [-0.39, 0.29) is 5.91 Å². The van der Waals surface area contributed by atoms with Crippen molar-refractivity contribution in [1.82, 2.24) is 15.5 Å². The lowest BCUT2D eigenvalue weighted by Crippen LogP contribution is -2.50. The Kier molecular flexibility index (Phi) is 4.31. The fraction of sp³-hybridized carbons (Fsp3) is 0.583. The minimum Gasteiger partial charge on any atom is -0.361 e. The maximum Gasteiger partial charge on any atom is 0.265 e. The summed E-state index contributed by atoms with van der Waals surface area (Å²) in [4.78, 5) is 25.0. The molecule has 1 aromatic heterocycles. The van der Waals surface area contributed by atoms with E-state index in [1.165, 1.54) is 24.4 Å². The molecule has 1 heterocycles. The molecule has 106 valence electrons. The summed E-state index contributed by atoms with van der Waals surface area (Å²) in [6.45, 7) is 6.66. The number of hydrogen-bond donors (Lipinski definition) is 2. The van der Waals surface area contributed by atoms with Gasteiger partial charge in [0, 0.05) is 13.1 Å². The van der Waals surface area contributed by atoms with E-state index in [2.05, 4.69) is 5.16 Å². The van der Waals surface area contributed by atoms with Gasteiger partial charge in [0.05, 0.1) is 11.1 Å². The molecule has 7 nitrogen and oxygen atoms in total. The van der Waals surface area contributed by atoms with Gasteiger partial charge in [-0.05, 0) is 27.7 Å². The van der Waals surface area contributed by atoms with Gasteiger partial charge < -0.3 is 9.42 Å². The Labute approximate surface area is 111 Å². The highest BCUT2D eigenvalue weighted by molar-refractivity contribution is 5.91. The number of hydrogen-bond acceptors (Lipinski definition) is 5. The molecule has 0 spiro atoms. The van der Waals surface area contributed by atoms with Gasteiger partial charge in [0.2, 0.25) is 5.91 Å². The number of nitrogens with one attached hydrogen (secondary N) is 1. The third-order valence-electron chi connectivity index (χ3n) is 3.19. The first-order valence-electron chi connectivity index (χ1n) is 5.86. The lowest BCUT2D eigenvalue weighted by molar-refractivity contribution is -0.145. The van der Waals surface area contributed by atoms with E-state index < -0.39 is 17.4 Å². The zero-order valence-corrected chi connectivity index (χ0v) is 11.7. The molecule has 1 aromatic rings. The average Bonchev–Trinajstić information content (AvgIpc) is 2.82. The standard InChI is InChI=1S/C12H19N3O4/c1-7-6-9(14-19-7)12(3,4)11(17)15(5)8(2)10(16)13-18/h6,8,18H,1-5H3,(H,13,16). The van der Waals surface area contributed by atoms with Crippen LogP contribution in [0.4, 0.5) is 0 Å². The van der Waals surface area contributed by atoms with Crippen molar-refractivity contribution in [3.05, 3.63) is 17.5 Å². The van der Waals surface area contributed by atoms with Crippen LogP contribution < -0.4 is 5.48 Å². The smallest absolute Gasteiger partial charge is 0.265 e. The first-order chi connectivity index (χ1) is 8.71. The summed E-state index contributed by atoms with van der Waals surface area (Å²) in [6, 6.07) is 0.896. The monoisotopic (exact) mass is 269 g/mol. The number of carbonyl (C=O) groups excluding carboxylic acids is 2. The highest BCUT2D eigenvalue weighted by Gasteiger charge is 2.38. The van der Waals surface area contributed by atoms with Gasteiger partial charge in [-0.2, -0.15) is 0 Å². The first-order valence-corrected chi connectivity index (χ1v) is 5.86. The van der Waals surface area contributed by atoms with Gasteiger partial charge in [0.25, 0.3) is 5.91 Å². The number of likely N-dealkylation sites (N-methyl/N-ethyl adjacent to an activating group) is 1. The number of aromatic nitrogens is 1. The Morgan fingerprint density at radius 2 is 2.11 bits per heavy atom. The number of amides is 2. The molecule has 0 saturated carbocycles. The van der Waals surface area contributed by atoms with Crippen LogP contribution in [0.5, 0.6) is 0 Å². The second-order valence-corrected chi connectivity index (χ2v) is 5.02. The van der Waals surface area contributed by atoms with Crippen molar-refractivity contribution < 1.29 is 19.3 Å². The molecule has 2 N–H and O–H groups in total. The summed E-state index contributed by atoms with van der Waals surface area (Å²) in [5.41, 5.74) is 1.11. The van der Waals surface area contributed by atoms with E-state index in [1.807, 2.05) is 0 Å². The molecule has 2 amide bonds. The van der Waals surface area contributed by atoms with E-state index in [0.29, 0.717) is 11.5 Å². The van der Waals surface area contributed by atoms with Gasteiger partial charge >= 0.3 is 0 Å². The predicted molar refractivity (Wildman–Crippen MR) is 66.4 cm³/mol. The van der Waals surface area contributed by atoms with Crippen molar-refractivity contribution in [2.24, 2.45) is 0 Å². The third-order valence-corrected chi connectivity index (χ3v) is 3.19. The van der Waals surface area contributed by atoms with Crippen LogP contribution in [0.2, 0.25) is 0 Å². The minimum atomic E-state index is -0.920. The van der Waals surface area contributed by atoms with Crippen molar-refractivity contribution in [3.63, 3.8) is 0 Å². The molecule has 0 radical (unpaired) electrons. The summed E-state index contributed by atoms with van der Waals surface area (Å²) in [5.74, 6) is -0.334. The van der Waals surface area contributed by atoms with Crippen molar-refractivity contribution in [3.8, 4) is 0 Å². The third kappa shape index (κ3) is 2.93. The van der Waals surface area contributed by atoms with E-state index in [4.69, 9.17) is 9.73 Å². The zero-order chi connectivity index (χ0) is 14.8.